The molecule has 0 N–H and O–H groups in total. The molecule has 1 aromatic heterocycles. The number of nitrogens with zero attached hydrogens (tertiary/aromatic N) is 2. The van der Waals surface area contributed by atoms with E-state index in [2.05, 4.69) is 23.7 Å². The summed E-state index contributed by atoms with van der Waals surface area (Å²) < 4.78 is 0. The number of hydrogen-bond donors (Lipinski definition) is 0. The molecule has 12 heavy (non-hydrogen) atoms. The van der Waals surface area contributed by atoms with Gasteiger partial charge in [0.15, 0.2) is 0 Å². The number of hydrogen-bond acceptors (Lipinski definition) is 2. The van der Waals surface area contributed by atoms with Crippen LogP contribution in [0.1, 0.15) is 13.8 Å². The molecular formula is C9H13ClN2. The van der Waals surface area contributed by atoms with Gasteiger partial charge in [0.1, 0.15) is 5.15 Å². The molecule has 1 rings (SSSR count). The van der Waals surface area contributed by atoms with Gasteiger partial charge in [-0.05, 0) is 26.0 Å². The van der Waals surface area contributed by atoms with Crippen molar-refractivity contribution in [3.05, 3.63) is 23.5 Å². The zero-order valence-electron chi connectivity index (χ0n) is 7.42. The molecular weight excluding hydrogens is 172 g/mol. The van der Waals surface area contributed by atoms with Crippen LogP contribution in [-0.4, -0.2) is 18.1 Å². The molecule has 0 aliphatic rings. The monoisotopic (exact) mass is 184 g/mol. The highest BCUT2D eigenvalue weighted by Gasteiger charge is 2.00. The second kappa shape index (κ2) is 4.31. The maximum absolute atomic E-state index is 5.77. The van der Waals surface area contributed by atoms with E-state index < -0.39 is 0 Å². The largest absolute Gasteiger partial charge is 0.372 e. The summed E-state index contributed by atoms with van der Waals surface area (Å²) in [5.74, 6) is 0. The van der Waals surface area contributed by atoms with Gasteiger partial charge in [-0.15, -0.1) is 0 Å². The molecule has 0 unspecified atom stereocenters. The van der Waals surface area contributed by atoms with Crippen molar-refractivity contribution in [2.75, 3.05) is 18.0 Å². The summed E-state index contributed by atoms with van der Waals surface area (Å²) in [6.07, 6.45) is 1.73. The average molecular weight is 185 g/mol. The molecule has 0 saturated heterocycles. The van der Waals surface area contributed by atoms with Crippen molar-refractivity contribution < 1.29 is 0 Å². The summed E-state index contributed by atoms with van der Waals surface area (Å²) >= 11 is 5.77. The lowest BCUT2D eigenvalue weighted by Gasteiger charge is -2.20. The van der Waals surface area contributed by atoms with Crippen LogP contribution in [0.15, 0.2) is 18.3 Å². The molecule has 1 aromatic rings. The van der Waals surface area contributed by atoms with Crippen LogP contribution in [0.3, 0.4) is 0 Å². The Kier molecular flexibility index (Phi) is 3.35. The van der Waals surface area contributed by atoms with Crippen molar-refractivity contribution in [1.82, 2.24) is 4.98 Å². The number of pyridine rings is 1. The standard InChI is InChI=1S/C9H13ClN2/c1-3-12(4-2)8-5-6-11-9(10)7-8/h5-7H,3-4H2,1-2H3. The first-order valence-electron chi connectivity index (χ1n) is 4.14. The minimum atomic E-state index is 0.555. The zero-order valence-corrected chi connectivity index (χ0v) is 8.17. The van der Waals surface area contributed by atoms with E-state index in [1.54, 1.807) is 6.20 Å². The smallest absolute Gasteiger partial charge is 0.131 e. The van der Waals surface area contributed by atoms with Gasteiger partial charge in [0.05, 0.1) is 0 Å². The van der Waals surface area contributed by atoms with E-state index in [0.29, 0.717) is 5.15 Å². The van der Waals surface area contributed by atoms with Crippen molar-refractivity contribution in [2.45, 2.75) is 13.8 Å². The molecule has 66 valence electrons. The van der Waals surface area contributed by atoms with Gasteiger partial charge in [-0.3, -0.25) is 0 Å². The SMILES string of the molecule is CCN(CC)c1ccnc(Cl)c1. The molecule has 0 spiro atoms. The number of anilines is 1. The highest BCUT2D eigenvalue weighted by Crippen LogP contribution is 2.16. The fourth-order valence-electron chi connectivity index (χ4n) is 1.18. The van der Waals surface area contributed by atoms with E-state index in [-0.39, 0.29) is 0 Å². The molecule has 0 aromatic carbocycles. The minimum absolute atomic E-state index is 0.555. The quantitative estimate of drug-likeness (QED) is 0.672. The summed E-state index contributed by atoms with van der Waals surface area (Å²) in [6.45, 7) is 6.24. The third-order valence-corrected chi connectivity index (χ3v) is 2.05. The van der Waals surface area contributed by atoms with E-state index in [0.717, 1.165) is 18.8 Å². The maximum Gasteiger partial charge on any atom is 0.131 e. The zero-order chi connectivity index (χ0) is 8.97. The topological polar surface area (TPSA) is 16.1 Å². The first kappa shape index (κ1) is 9.33. The fraction of sp³-hybridized carbons (Fsp3) is 0.444. The molecule has 0 bridgehead atoms. The Morgan fingerprint density at radius 3 is 2.58 bits per heavy atom. The number of halogens is 1. The Morgan fingerprint density at radius 2 is 2.08 bits per heavy atom. The lowest BCUT2D eigenvalue weighted by atomic mass is 10.3. The molecule has 0 saturated carbocycles. The molecule has 0 aliphatic heterocycles. The van der Waals surface area contributed by atoms with Gasteiger partial charge in [0.25, 0.3) is 0 Å². The number of aromatic nitrogens is 1. The van der Waals surface area contributed by atoms with Gasteiger partial charge in [0, 0.05) is 25.0 Å². The van der Waals surface area contributed by atoms with E-state index >= 15 is 0 Å². The second-order valence-corrected chi connectivity index (χ2v) is 2.90. The first-order valence-corrected chi connectivity index (χ1v) is 4.52. The average Bonchev–Trinajstić information content (AvgIpc) is 2.07. The molecule has 0 amide bonds. The predicted octanol–water partition coefficient (Wildman–Crippen LogP) is 2.58. The molecule has 3 heteroatoms. The van der Waals surface area contributed by atoms with Crippen LogP contribution in [0, 0.1) is 0 Å². The van der Waals surface area contributed by atoms with Crippen molar-refractivity contribution in [1.29, 1.82) is 0 Å². The summed E-state index contributed by atoms with van der Waals surface area (Å²) in [5.41, 5.74) is 1.14. The second-order valence-electron chi connectivity index (χ2n) is 2.51. The predicted molar refractivity (Wildman–Crippen MR) is 52.8 cm³/mol. The summed E-state index contributed by atoms with van der Waals surface area (Å²) in [4.78, 5) is 6.16. The Morgan fingerprint density at radius 1 is 1.42 bits per heavy atom. The molecule has 0 radical (unpaired) electrons. The van der Waals surface area contributed by atoms with Crippen LogP contribution >= 0.6 is 11.6 Å². The van der Waals surface area contributed by atoms with Gasteiger partial charge >= 0.3 is 0 Å². The maximum atomic E-state index is 5.77. The van der Waals surface area contributed by atoms with E-state index in [1.165, 1.54) is 0 Å². The van der Waals surface area contributed by atoms with Crippen LogP contribution in [0.25, 0.3) is 0 Å². The Labute approximate surface area is 78.2 Å². The Balaban J connectivity index is 2.85. The number of rotatable bonds is 3. The van der Waals surface area contributed by atoms with Crippen LogP contribution in [0.2, 0.25) is 5.15 Å². The summed E-state index contributed by atoms with van der Waals surface area (Å²) in [6, 6.07) is 3.85. The first-order chi connectivity index (χ1) is 5.77. The minimum Gasteiger partial charge on any atom is -0.372 e. The molecule has 0 atom stereocenters. The van der Waals surface area contributed by atoms with Gasteiger partial charge in [-0.25, -0.2) is 4.98 Å². The molecule has 0 aliphatic carbocycles. The Hall–Kier alpha value is -0.760. The van der Waals surface area contributed by atoms with Crippen molar-refractivity contribution >= 4 is 17.3 Å². The van der Waals surface area contributed by atoms with Crippen molar-refractivity contribution in [2.24, 2.45) is 0 Å². The van der Waals surface area contributed by atoms with Crippen molar-refractivity contribution in [3.63, 3.8) is 0 Å². The van der Waals surface area contributed by atoms with Crippen LogP contribution in [0.4, 0.5) is 5.69 Å². The molecule has 1 heterocycles. The van der Waals surface area contributed by atoms with E-state index in [9.17, 15) is 0 Å². The van der Waals surface area contributed by atoms with Crippen LogP contribution in [0.5, 0.6) is 0 Å². The van der Waals surface area contributed by atoms with Gasteiger partial charge in [0.2, 0.25) is 0 Å². The van der Waals surface area contributed by atoms with Crippen LogP contribution in [-0.2, 0) is 0 Å². The van der Waals surface area contributed by atoms with Gasteiger partial charge in [-0.1, -0.05) is 11.6 Å². The normalized spacial score (nSPS) is 9.92. The summed E-state index contributed by atoms with van der Waals surface area (Å²) in [7, 11) is 0. The molecule has 0 fully saturated rings. The summed E-state index contributed by atoms with van der Waals surface area (Å²) in [5, 5.41) is 0.555. The highest BCUT2D eigenvalue weighted by molar-refractivity contribution is 6.29. The van der Waals surface area contributed by atoms with Gasteiger partial charge in [-0.2, -0.15) is 0 Å². The molecule has 2 nitrogen and oxygen atoms in total. The highest BCUT2D eigenvalue weighted by atomic mass is 35.5. The van der Waals surface area contributed by atoms with Gasteiger partial charge < -0.3 is 4.90 Å². The third kappa shape index (κ3) is 2.11. The third-order valence-electron chi connectivity index (χ3n) is 1.84. The lowest BCUT2D eigenvalue weighted by Crippen LogP contribution is -2.21. The van der Waals surface area contributed by atoms with E-state index in [4.69, 9.17) is 11.6 Å². The fourth-order valence-corrected chi connectivity index (χ4v) is 1.35. The van der Waals surface area contributed by atoms with E-state index in [1.807, 2.05) is 12.1 Å². The van der Waals surface area contributed by atoms with Crippen molar-refractivity contribution in [3.8, 4) is 0 Å². The van der Waals surface area contributed by atoms with Crippen LogP contribution < -0.4 is 4.90 Å². The Bertz CT molecular complexity index is 246. The lowest BCUT2D eigenvalue weighted by molar-refractivity contribution is 0.865.